The molecule has 1 unspecified atom stereocenters. The van der Waals surface area contributed by atoms with E-state index in [2.05, 4.69) is 6.92 Å². The van der Waals surface area contributed by atoms with Crippen molar-refractivity contribution in [3.63, 3.8) is 0 Å². The first-order valence-corrected chi connectivity index (χ1v) is 6.04. The van der Waals surface area contributed by atoms with Crippen molar-refractivity contribution in [2.75, 3.05) is 6.54 Å². The number of rotatable bonds is 6. The Labute approximate surface area is 102 Å². The lowest BCUT2D eigenvalue weighted by Crippen LogP contribution is -2.09. The highest BCUT2D eigenvalue weighted by Gasteiger charge is 2.11. The van der Waals surface area contributed by atoms with Gasteiger partial charge in [-0.1, -0.05) is 6.92 Å². The average molecular weight is 237 g/mol. The SMILES string of the molecule is Cc1cc(F)ccc1C(=O)CCC(C)CCN. The molecule has 1 aromatic carbocycles. The topological polar surface area (TPSA) is 43.1 Å². The first-order chi connectivity index (χ1) is 8.04. The number of ketones is 1. The monoisotopic (exact) mass is 237 g/mol. The number of carbonyl (C=O) groups is 1. The van der Waals surface area contributed by atoms with Gasteiger partial charge in [-0.05, 0) is 56.0 Å². The number of aryl methyl sites for hydroxylation is 1. The van der Waals surface area contributed by atoms with Crippen LogP contribution in [0, 0.1) is 18.7 Å². The molecule has 1 aromatic rings. The van der Waals surface area contributed by atoms with Crippen molar-refractivity contribution in [1.29, 1.82) is 0 Å². The maximum absolute atomic E-state index is 12.9. The third-order valence-electron chi connectivity index (χ3n) is 3.01. The van der Waals surface area contributed by atoms with Gasteiger partial charge in [-0.25, -0.2) is 4.39 Å². The second-order valence-corrected chi connectivity index (χ2v) is 4.60. The first-order valence-electron chi connectivity index (χ1n) is 6.04. The Morgan fingerprint density at radius 1 is 1.41 bits per heavy atom. The van der Waals surface area contributed by atoms with Gasteiger partial charge in [-0.15, -0.1) is 0 Å². The minimum absolute atomic E-state index is 0.0892. The van der Waals surface area contributed by atoms with E-state index < -0.39 is 0 Å². The minimum atomic E-state index is -0.296. The van der Waals surface area contributed by atoms with E-state index in [1.165, 1.54) is 12.1 Å². The standard InChI is InChI=1S/C14H20FNO/c1-10(7-8-16)3-6-14(17)13-5-4-12(15)9-11(13)2/h4-5,9-10H,3,6-8,16H2,1-2H3. The van der Waals surface area contributed by atoms with Gasteiger partial charge in [0.05, 0.1) is 0 Å². The molecule has 1 atom stereocenters. The molecule has 3 heteroatoms. The van der Waals surface area contributed by atoms with Crippen LogP contribution < -0.4 is 5.73 Å². The quantitative estimate of drug-likeness (QED) is 0.773. The summed E-state index contributed by atoms with van der Waals surface area (Å²) in [5.41, 5.74) is 6.80. The third kappa shape index (κ3) is 4.27. The van der Waals surface area contributed by atoms with Gasteiger partial charge in [-0.2, -0.15) is 0 Å². The molecule has 0 aliphatic heterocycles. The maximum Gasteiger partial charge on any atom is 0.163 e. The predicted molar refractivity (Wildman–Crippen MR) is 67.5 cm³/mol. The lowest BCUT2D eigenvalue weighted by Gasteiger charge is -2.10. The fraction of sp³-hybridized carbons (Fsp3) is 0.500. The molecule has 17 heavy (non-hydrogen) atoms. The van der Waals surface area contributed by atoms with Gasteiger partial charge in [0, 0.05) is 12.0 Å². The van der Waals surface area contributed by atoms with Crippen molar-refractivity contribution in [1.82, 2.24) is 0 Å². The van der Waals surface area contributed by atoms with Gasteiger partial charge >= 0.3 is 0 Å². The summed E-state index contributed by atoms with van der Waals surface area (Å²) in [6, 6.07) is 4.31. The van der Waals surface area contributed by atoms with Crippen molar-refractivity contribution >= 4 is 5.78 Å². The number of halogens is 1. The van der Waals surface area contributed by atoms with Gasteiger partial charge in [-0.3, -0.25) is 4.79 Å². The van der Waals surface area contributed by atoms with Crippen LogP contribution in [0.15, 0.2) is 18.2 Å². The van der Waals surface area contributed by atoms with Crippen LogP contribution in [0.4, 0.5) is 4.39 Å². The minimum Gasteiger partial charge on any atom is -0.330 e. The fourth-order valence-corrected chi connectivity index (χ4v) is 1.88. The molecular formula is C14H20FNO. The molecular weight excluding hydrogens is 217 g/mol. The van der Waals surface area contributed by atoms with Crippen LogP contribution in [0.5, 0.6) is 0 Å². The van der Waals surface area contributed by atoms with Gasteiger partial charge in [0.2, 0.25) is 0 Å². The Morgan fingerprint density at radius 3 is 2.71 bits per heavy atom. The lowest BCUT2D eigenvalue weighted by molar-refractivity contribution is 0.0973. The van der Waals surface area contributed by atoms with Gasteiger partial charge in [0.25, 0.3) is 0 Å². The first kappa shape index (κ1) is 13.8. The smallest absolute Gasteiger partial charge is 0.163 e. The number of carbonyl (C=O) groups excluding carboxylic acids is 1. The predicted octanol–water partition coefficient (Wildman–Crippen LogP) is 3.08. The normalized spacial score (nSPS) is 12.5. The summed E-state index contributed by atoms with van der Waals surface area (Å²) >= 11 is 0. The van der Waals surface area contributed by atoms with Crippen molar-refractivity contribution in [3.8, 4) is 0 Å². The van der Waals surface area contributed by atoms with E-state index in [0.29, 0.717) is 30.0 Å². The Balaban J connectivity index is 2.58. The summed E-state index contributed by atoms with van der Waals surface area (Å²) in [6.45, 7) is 4.52. The zero-order valence-corrected chi connectivity index (χ0v) is 10.5. The molecule has 0 bridgehead atoms. The highest BCUT2D eigenvalue weighted by molar-refractivity contribution is 5.97. The van der Waals surface area contributed by atoms with Crippen LogP contribution in [0.25, 0.3) is 0 Å². The van der Waals surface area contributed by atoms with Crippen LogP contribution in [-0.4, -0.2) is 12.3 Å². The van der Waals surface area contributed by atoms with Crippen molar-refractivity contribution in [2.24, 2.45) is 11.7 Å². The summed E-state index contributed by atoms with van der Waals surface area (Å²) in [6.07, 6.45) is 2.29. The average Bonchev–Trinajstić information content (AvgIpc) is 2.26. The molecule has 0 spiro atoms. The molecule has 0 amide bonds. The molecule has 1 rings (SSSR count). The summed E-state index contributed by atoms with van der Waals surface area (Å²) in [5, 5.41) is 0. The van der Waals surface area contributed by atoms with E-state index in [-0.39, 0.29) is 11.6 Å². The van der Waals surface area contributed by atoms with E-state index in [0.717, 1.165) is 12.8 Å². The highest BCUT2D eigenvalue weighted by Crippen LogP contribution is 2.16. The molecule has 0 heterocycles. The summed E-state index contributed by atoms with van der Waals surface area (Å²) in [4.78, 5) is 11.9. The molecule has 0 fully saturated rings. The molecule has 0 aliphatic rings. The van der Waals surface area contributed by atoms with E-state index in [1.807, 2.05) is 0 Å². The number of nitrogens with two attached hydrogens (primary N) is 1. The number of hydrogen-bond acceptors (Lipinski definition) is 2. The van der Waals surface area contributed by atoms with E-state index in [4.69, 9.17) is 5.73 Å². The lowest BCUT2D eigenvalue weighted by atomic mass is 9.96. The van der Waals surface area contributed by atoms with Crippen molar-refractivity contribution < 1.29 is 9.18 Å². The fourth-order valence-electron chi connectivity index (χ4n) is 1.88. The van der Waals surface area contributed by atoms with Gasteiger partial charge in [0.1, 0.15) is 5.82 Å². The summed E-state index contributed by atoms with van der Waals surface area (Å²) < 4.78 is 12.9. The van der Waals surface area contributed by atoms with Crippen LogP contribution in [0.2, 0.25) is 0 Å². The van der Waals surface area contributed by atoms with Crippen molar-refractivity contribution in [2.45, 2.75) is 33.1 Å². The molecule has 2 N–H and O–H groups in total. The second-order valence-electron chi connectivity index (χ2n) is 4.60. The molecule has 0 aromatic heterocycles. The highest BCUT2D eigenvalue weighted by atomic mass is 19.1. The Morgan fingerprint density at radius 2 is 2.12 bits per heavy atom. The van der Waals surface area contributed by atoms with Crippen LogP contribution in [0.1, 0.15) is 42.1 Å². The van der Waals surface area contributed by atoms with Crippen molar-refractivity contribution in [3.05, 3.63) is 35.1 Å². The Kier molecular flexibility index (Phi) is 5.29. The number of benzene rings is 1. The zero-order chi connectivity index (χ0) is 12.8. The molecule has 2 nitrogen and oxygen atoms in total. The maximum atomic E-state index is 12.9. The Hall–Kier alpha value is -1.22. The molecule has 0 saturated carbocycles. The van der Waals surface area contributed by atoms with Gasteiger partial charge < -0.3 is 5.73 Å². The van der Waals surface area contributed by atoms with Crippen LogP contribution in [-0.2, 0) is 0 Å². The Bertz CT molecular complexity index is 390. The number of Topliss-reactive ketones (excluding diaryl/α,β-unsaturated/α-hetero) is 1. The summed E-state index contributed by atoms with van der Waals surface area (Å²) in [7, 11) is 0. The van der Waals surface area contributed by atoms with Crippen LogP contribution in [0.3, 0.4) is 0 Å². The summed E-state index contributed by atoms with van der Waals surface area (Å²) in [5.74, 6) is 0.256. The number of hydrogen-bond donors (Lipinski definition) is 1. The molecule has 94 valence electrons. The van der Waals surface area contributed by atoms with Gasteiger partial charge in [0.15, 0.2) is 5.78 Å². The third-order valence-corrected chi connectivity index (χ3v) is 3.01. The van der Waals surface area contributed by atoms with E-state index in [9.17, 15) is 9.18 Å². The molecule has 0 radical (unpaired) electrons. The molecule has 0 aliphatic carbocycles. The zero-order valence-electron chi connectivity index (χ0n) is 10.5. The second kappa shape index (κ2) is 6.50. The van der Waals surface area contributed by atoms with Crippen LogP contribution >= 0.6 is 0 Å². The molecule has 0 saturated heterocycles. The van der Waals surface area contributed by atoms with E-state index >= 15 is 0 Å². The van der Waals surface area contributed by atoms with E-state index in [1.54, 1.807) is 13.0 Å². The largest absolute Gasteiger partial charge is 0.330 e.